The minimum atomic E-state index is -1.50. The van der Waals surface area contributed by atoms with Crippen LogP contribution in [0.15, 0.2) is 60.7 Å². The average Bonchev–Trinajstić information content (AvgIpc) is 0.831. The van der Waals surface area contributed by atoms with E-state index in [-0.39, 0.29) is 57.1 Å². The number of amides is 13. The lowest BCUT2D eigenvalue weighted by Gasteiger charge is -2.38. The number of unbranched alkanes of at least 4 members (excludes halogenated alkanes) is 2. The number of ether oxygens (including phenoxy) is 1. The summed E-state index contributed by atoms with van der Waals surface area (Å²) in [6.45, 7) is 22.8. The maximum absolute atomic E-state index is 15.5. The van der Waals surface area contributed by atoms with Gasteiger partial charge in [0.1, 0.15) is 54.4 Å². The monoisotopic (exact) mass is 1370 g/mol. The number of piperidine rings is 1. The number of nitrogens with one attached hydrogen (secondary N) is 4. The lowest BCUT2D eigenvalue weighted by molar-refractivity contribution is -0.152. The largest absolute Gasteiger partial charge is 0.393 e. The molecule has 0 aliphatic carbocycles. The Bertz CT molecular complexity index is 2970. The molecule has 2 aromatic rings. The second kappa shape index (κ2) is 40.2. The van der Waals surface area contributed by atoms with Gasteiger partial charge < -0.3 is 66.2 Å². The lowest BCUT2D eigenvalue weighted by Crippen LogP contribution is -2.62. The summed E-state index contributed by atoms with van der Waals surface area (Å²) in [4.78, 5) is 181. The van der Waals surface area contributed by atoms with Gasteiger partial charge in [-0.1, -0.05) is 122 Å². The molecule has 1 fully saturated rings. The molecule has 1 aliphatic rings. The molecule has 13 amide bonds. The highest BCUT2D eigenvalue weighted by atomic mass is 16.5. The highest BCUT2D eigenvalue weighted by Crippen LogP contribution is 2.22. The van der Waals surface area contributed by atoms with Crippen LogP contribution < -0.4 is 27.0 Å². The summed E-state index contributed by atoms with van der Waals surface area (Å²) in [5, 5.41) is 21.0. The minimum Gasteiger partial charge on any atom is -0.393 e. The molecule has 0 aromatic heterocycles. The zero-order valence-corrected chi connectivity index (χ0v) is 61.6. The number of hydrogen-bond donors (Lipinski definition) is 6. The number of likely N-dealkylation sites (tertiary alicyclic amines) is 1. The minimum absolute atomic E-state index is 0.0123. The van der Waals surface area contributed by atoms with Crippen LogP contribution in [-0.4, -0.2) is 238 Å². The van der Waals surface area contributed by atoms with Gasteiger partial charge in [0, 0.05) is 67.7 Å². The first-order valence-electron chi connectivity index (χ1n) is 34.7. The summed E-state index contributed by atoms with van der Waals surface area (Å²) in [5.74, 6) is -8.35. The SMILES string of the molecule is CCCCCN(C(N)=O)C(=O)[C@@H](NC(=O)[C@H](Cc1ccccc1)N(C)C(=O)[C@@H](C)NC(=O)CC(NC(=O)[C@H](CC(C)C)N(C)C(=O)[C@H](Cc1ccccc1)N(C)C(=O)[C@H](COC(C)(C)C)NC(=O)[C@H](CC(C)C)N(C)C(=O)[C@H](C)N(C)C(=O)C[C@@H](C)O)C(=O)N1CCCCC1)C(C)C. The van der Waals surface area contributed by atoms with Crippen LogP contribution in [0.4, 0.5) is 4.79 Å². The summed E-state index contributed by atoms with van der Waals surface area (Å²) in [5.41, 5.74) is 6.15. The van der Waals surface area contributed by atoms with E-state index in [0.29, 0.717) is 43.5 Å². The van der Waals surface area contributed by atoms with E-state index in [2.05, 4.69) is 21.3 Å². The van der Waals surface area contributed by atoms with Gasteiger partial charge in [-0.25, -0.2) is 4.79 Å². The van der Waals surface area contributed by atoms with E-state index in [1.807, 2.05) is 34.6 Å². The highest BCUT2D eigenvalue weighted by Gasteiger charge is 2.43. The van der Waals surface area contributed by atoms with Crippen molar-refractivity contribution < 1.29 is 67.4 Å². The predicted octanol–water partition coefficient (Wildman–Crippen LogP) is 4.42. The number of carbonyl (C=O) groups excluding carboxylic acids is 12. The molecule has 7 N–H and O–H groups in total. The summed E-state index contributed by atoms with van der Waals surface area (Å²) in [6.07, 6.45) is 2.54. The first-order chi connectivity index (χ1) is 45.8. The maximum Gasteiger partial charge on any atom is 0.321 e. The van der Waals surface area contributed by atoms with E-state index < -0.39 is 149 Å². The van der Waals surface area contributed by atoms with Crippen LogP contribution in [0.1, 0.15) is 165 Å². The van der Waals surface area contributed by atoms with Gasteiger partial charge in [-0.3, -0.25) is 57.6 Å². The van der Waals surface area contributed by atoms with E-state index in [9.17, 15) is 48.3 Å². The number of carbonyl (C=O) groups is 12. The summed E-state index contributed by atoms with van der Waals surface area (Å²) in [6, 6.07) is 5.26. The van der Waals surface area contributed by atoms with Gasteiger partial charge in [0.15, 0.2) is 0 Å². The molecule has 0 spiro atoms. The topological polar surface area (TPSA) is 331 Å². The Labute approximate surface area is 581 Å². The number of aliphatic hydroxyl groups excluding tert-OH is 1. The number of likely N-dealkylation sites (N-methyl/N-ethyl adjacent to an activating group) is 5. The van der Waals surface area contributed by atoms with Crippen LogP contribution in [0.2, 0.25) is 0 Å². The molecule has 1 heterocycles. The molecule has 548 valence electrons. The van der Waals surface area contributed by atoms with Gasteiger partial charge in [0.25, 0.3) is 5.91 Å². The Morgan fingerprint density at radius 1 is 0.551 bits per heavy atom. The van der Waals surface area contributed by atoms with Gasteiger partial charge in [0.05, 0.1) is 31.2 Å². The second-order valence-electron chi connectivity index (χ2n) is 28.4. The van der Waals surface area contributed by atoms with E-state index in [1.54, 1.807) is 100 Å². The van der Waals surface area contributed by atoms with Crippen molar-refractivity contribution in [1.82, 2.24) is 55.6 Å². The number of benzene rings is 2. The smallest absolute Gasteiger partial charge is 0.321 e. The van der Waals surface area contributed by atoms with Gasteiger partial charge in [-0.15, -0.1) is 0 Å². The maximum atomic E-state index is 15.5. The third kappa shape index (κ3) is 26.3. The molecule has 98 heavy (non-hydrogen) atoms. The number of rotatable bonds is 37. The third-order valence-corrected chi connectivity index (χ3v) is 17.7. The molecule has 0 saturated carbocycles. The van der Waals surface area contributed by atoms with Crippen LogP contribution in [0.3, 0.4) is 0 Å². The van der Waals surface area contributed by atoms with E-state index in [0.717, 1.165) is 24.2 Å². The number of urea groups is 1. The van der Waals surface area contributed by atoms with Crippen LogP contribution >= 0.6 is 0 Å². The number of imide groups is 1. The van der Waals surface area contributed by atoms with E-state index in [1.165, 1.54) is 80.5 Å². The van der Waals surface area contributed by atoms with Gasteiger partial charge in [-0.05, 0) is 109 Å². The fraction of sp³-hybridized carbons (Fsp3) is 0.667. The van der Waals surface area contributed by atoms with Crippen LogP contribution in [0.5, 0.6) is 0 Å². The first-order valence-corrected chi connectivity index (χ1v) is 34.7. The van der Waals surface area contributed by atoms with Crippen molar-refractivity contribution >= 4 is 71.0 Å². The Morgan fingerprint density at radius 2 is 1.02 bits per heavy atom. The van der Waals surface area contributed by atoms with Crippen molar-refractivity contribution in [3.63, 3.8) is 0 Å². The molecule has 0 radical (unpaired) electrons. The molecule has 26 heteroatoms. The standard InChI is InChI=1S/C72H116N12O14/c1-19-20-28-37-84(71(73)97)70(96)61(47(6)7)77-64(90)57(41-51-31-24-21-25-32-51)79(15)65(91)49(9)74-59(86)43-53(68(94)83-35-29-23-30-36-83)75-62(88)56(39-46(4)5)81(17)69(95)58(42-52-33-26-22-27-34-52)82(18)67(93)54(44-98-72(11,12)13)76-63(89)55(38-45(2)3)80(16)66(92)50(10)78(14)60(87)40-48(8)85/h21-22,24-27,31-34,45-50,53-58,61,85H,19-20,23,28-30,35-44H2,1-18H3,(H2,73,97)(H,74,86)(H,75,88)(H,76,89)(H,77,90)/t48-,49-,50+,53?,54+,55+,56+,57+,58+,61+/m1/s1. The van der Waals surface area contributed by atoms with Crippen LogP contribution in [0, 0.1) is 17.8 Å². The quantitative estimate of drug-likeness (QED) is 0.0511. The molecule has 1 aliphatic heterocycles. The molecule has 26 nitrogen and oxygen atoms in total. The lowest BCUT2D eigenvalue weighted by atomic mass is 9.98. The van der Waals surface area contributed by atoms with Crippen molar-refractivity contribution in [3.8, 4) is 0 Å². The Morgan fingerprint density at radius 3 is 1.49 bits per heavy atom. The summed E-state index contributed by atoms with van der Waals surface area (Å²) >= 11 is 0. The summed E-state index contributed by atoms with van der Waals surface area (Å²) < 4.78 is 6.16. The number of aliphatic hydroxyl groups is 1. The van der Waals surface area contributed by atoms with Crippen molar-refractivity contribution in [2.75, 3.05) is 61.5 Å². The number of nitrogens with zero attached hydrogens (tertiary/aromatic N) is 7. The third-order valence-electron chi connectivity index (χ3n) is 17.7. The predicted molar refractivity (Wildman–Crippen MR) is 374 cm³/mol. The zero-order chi connectivity index (χ0) is 74.1. The molecule has 1 saturated heterocycles. The highest BCUT2D eigenvalue weighted by molar-refractivity contribution is 6.01. The van der Waals surface area contributed by atoms with Crippen molar-refractivity contribution in [3.05, 3.63) is 71.8 Å². The van der Waals surface area contributed by atoms with Gasteiger partial charge in [0.2, 0.25) is 59.1 Å². The molecule has 2 aromatic carbocycles. The fourth-order valence-corrected chi connectivity index (χ4v) is 11.6. The fourth-order valence-electron chi connectivity index (χ4n) is 11.6. The Hall–Kier alpha value is -8.00. The second-order valence-corrected chi connectivity index (χ2v) is 28.4. The van der Waals surface area contributed by atoms with Crippen molar-refractivity contribution in [2.45, 2.75) is 233 Å². The molecule has 1 unspecified atom stereocenters. The normalized spacial score (nSPS) is 15.6. The number of hydrogen-bond acceptors (Lipinski definition) is 14. The van der Waals surface area contributed by atoms with Gasteiger partial charge in [-0.2, -0.15) is 0 Å². The van der Waals surface area contributed by atoms with Crippen LogP contribution in [-0.2, 0) is 70.3 Å². The van der Waals surface area contributed by atoms with Crippen molar-refractivity contribution in [1.29, 1.82) is 0 Å². The van der Waals surface area contributed by atoms with Gasteiger partial charge >= 0.3 is 6.03 Å². The number of primary amides is 1. The van der Waals surface area contributed by atoms with Crippen LogP contribution in [0.25, 0.3) is 0 Å². The molecular weight excluding hydrogens is 1260 g/mol. The Balaban J connectivity index is 2.05. The van der Waals surface area contributed by atoms with E-state index >= 15 is 14.4 Å². The number of nitrogens with two attached hydrogens (primary N) is 1. The average molecular weight is 1370 g/mol. The van der Waals surface area contributed by atoms with Crippen molar-refractivity contribution in [2.24, 2.45) is 23.5 Å². The molecule has 10 atom stereocenters. The zero-order valence-electron chi connectivity index (χ0n) is 61.6. The first kappa shape index (κ1) is 84.2. The molecular formula is C72H116N12O14. The molecule has 0 bridgehead atoms. The Kier molecular flexibility index (Phi) is 34.5. The summed E-state index contributed by atoms with van der Waals surface area (Å²) in [7, 11) is 7.09. The molecule has 3 rings (SSSR count). The van der Waals surface area contributed by atoms with E-state index in [4.69, 9.17) is 10.5 Å².